The van der Waals surface area contributed by atoms with Gasteiger partial charge in [-0.1, -0.05) is 54.6 Å². The van der Waals surface area contributed by atoms with Crippen LogP contribution in [0.25, 0.3) is 10.8 Å². The first-order chi connectivity index (χ1) is 15.4. The molecule has 3 aromatic carbocycles. The minimum Gasteiger partial charge on any atom is -0.390 e. The second kappa shape index (κ2) is 10.1. The van der Waals surface area contributed by atoms with E-state index in [1.807, 2.05) is 30.0 Å². The van der Waals surface area contributed by atoms with Crippen molar-refractivity contribution < 1.29 is 5.11 Å². The van der Waals surface area contributed by atoms with Gasteiger partial charge in [-0.15, -0.1) is 11.8 Å². The van der Waals surface area contributed by atoms with Gasteiger partial charge in [0.1, 0.15) is 0 Å². The van der Waals surface area contributed by atoms with E-state index < -0.39 is 6.10 Å². The average molecular weight is 446 g/mol. The summed E-state index contributed by atoms with van der Waals surface area (Å²) in [6.45, 7) is 5.71. The summed E-state index contributed by atoms with van der Waals surface area (Å²) in [5.74, 6) is 1.82. The lowest BCUT2D eigenvalue weighted by Gasteiger charge is -2.32. The van der Waals surface area contributed by atoms with E-state index >= 15 is 0 Å². The fourth-order valence-corrected chi connectivity index (χ4v) is 5.72. The highest BCUT2D eigenvalue weighted by molar-refractivity contribution is 7.99. The third kappa shape index (κ3) is 5.70. The first kappa shape index (κ1) is 22.8. The van der Waals surface area contributed by atoms with Crippen LogP contribution in [0.15, 0.2) is 66.7 Å². The Balaban J connectivity index is 1.34. The fourth-order valence-electron chi connectivity index (χ4n) is 4.42. The first-order valence-corrected chi connectivity index (χ1v) is 12.3. The van der Waals surface area contributed by atoms with Crippen molar-refractivity contribution in [1.29, 1.82) is 5.26 Å². The predicted octanol–water partition coefficient (Wildman–Crippen LogP) is 4.56. The maximum absolute atomic E-state index is 11.0. The summed E-state index contributed by atoms with van der Waals surface area (Å²) in [5.41, 5.74) is 2.98. The Morgan fingerprint density at radius 1 is 1.09 bits per heavy atom. The zero-order chi connectivity index (χ0) is 22.6. The van der Waals surface area contributed by atoms with Crippen LogP contribution in [-0.2, 0) is 13.0 Å². The molecule has 1 saturated heterocycles. The third-order valence-corrected chi connectivity index (χ3v) is 7.24. The van der Waals surface area contributed by atoms with Gasteiger partial charge in [-0.3, -0.25) is 4.90 Å². The summed E-state index contributed by atoms with van der Waals surface area (Å²) in [6, 6.07) is 25.2. The highest BCUT2D eigenvalue weighted by Gasteiger charge is 2.32. The quantitative estimate of drug-likeness (QED) is 0.532. The van der Waals surface area contributed by atoms with Crippen molar-refractivity contribution in [3.05, 3.63) is 83.4 Å². The van der Waals surface area contributed by atoms with E-state index in [1.165, 1.54) is 16.3 Å². The molecular weight excluding hydrogens is 414 g/mol. The number of aliphatic hydroxyl groups excluding tert-OH is 1. The average Bonchev–Trinajstić information content (AvgIpc) is 3.25. The lowest BCUT2D eigenvalue weighted by Crippen LogP contribution is -2.50. The molecule has 0 aliphatic carbocycles. The van der Waals surface area contributed by atoms with E-state index in [0.717, 1.165) is 30.2 Å². The molecule has 1 aliphatic heterocycles. The van der Waals surface area contributed by atoms with Crippen LogP contribution >= 0.6 is 11.8 Å². The zero-order valence-corrected chi connectivity index (χ0v) is 19.6. The summed E-state index contributed by atoms with van der Waals surface area (Å²) < 4.78 is 0. The number of β-amino-alcohol motifs (C(OH)–C–C–N with tert-alkyl or cyclic N) is 1. The number of rotatable bonds is 8. The molecule has 2 unspecified atom stereocenters. The van der Waals surface area contributed by atoms with Gasteiger partial charge in [-0.05, 0) is 54.3 Å². The zero-order valence-electron chi connectivity index (χ0n) is 18.8. The summed E-state index contributed by atoms with van der Waals surface area (Å²) in [6.07, 6.45) is 0.453. The molecular formula is C27H31N3OS. The van der Waals surface area contributed by atoms with Crippen LogP contribution < -0.4 is 5.32 Å². The molecule has 166 valence electrons. The van der Waals surface area contributed by atoms with Crippen LogP contribution in [0.3, 0.4) is 0 Å². The molecule has 0 amide bonds. The Kier molecular flexibility index (Phi) is 7.17. The van der Waals surface area contributed by atoms with Crippen molar-refractivity contribution in [3.8, 4) is 6.07 Å². The fraction of sp³-hybridized carbons (Fsp3) is 0.370. The normalized spacial score (nSPS) is 18.0. The Morgan fingerprint density at radius 2 is 1.91 bits per heavy atom. The minimum absolute atomic E-state index is 0.106. The Bertz CT molecular complexity index is 1110. The Hall–Kier alpha value is -2.36. The first-order valence-electron chi connectivity index (χ1n) is 11.2. The van der Waals surface area contributed by atoms with Gasteiger partial charge in [0.25, 0.3) is 0 Å². The molecule has 1 fully saturated rings. The number of benzene rings is 3. The Labute approximate surface area is 195 Å². The number of nitrogens with one attached hydrogen (secondary N) is 1. The number of fused-ring (bicyclic) bond motifs is 1. The molecule has 4 nitrogen and oxygen atoms in total. The molecule has 5 heteroatoms. The number of nitriles is 1. The molecule has 0 saturated carbocycles. The predicted molar refractivity (Wildman–Crippen MR) is 134 cm³/mol. The largest absolute Gasteiger partial charge is 0.390 e. The standard InChI is InChI=1S/C27H31N3OS/c1-27(2,14-20-10-11-23-8-3-4-9-24(23)13-20)29-16-26(31)25-18-32-19-30(25)17-22-7-5-6-21(12-22)15-28/h3-13,25-26,29,31H,14,16-19H2,1-2H3. The SMILES string of the molecule is CC(C)(Cc1ccc2ccccc2c1)NCC(O)C1CSCN1Cc1cccc(C#N)c1. The van der Waals surface area contributed by atoms with Crippen molar-refractivity contribution in [2.45, 2.75) is 44.5 Å². The third-order valence-electron chi connectivity index (χ3n) is 6.15. The molecule has 2 atom stereocenters. The molecule has 0 spiro atoms. The van der Waals surface area contributed by atoms with E-state index in [4.69, 9.17) is 5.26 Å². The van der Waals surface area contributed by atoms with E-state index in [1.54, 1.807) is 0 Å². The topological polar surface area (TPSA) is 59.3 Å². The van der Waals surface area contributed by atoms with Gasteiger partial charge in [0, 0.05) is 36.3 Å². The molecule has 0 bridgehead atoms. The monoisotopic (exact) mass is 445 g/mol. The summed E-state index contributed by atoms with van der Waals surface area (Å²) >= 11 is 1.86. The number of nitrogens with zero attached hydrogens (tertiary/aromatic N) is 2. The van der Waals surface area contributed by atoms with E-state index in [9.17, 15) is 5.11 Å². The van der Waals surface area contributed by atoms with Crippen LogP contribution in [0.5, 0.6) is 0 Å². The van der Waals surface area contributed by atoms with Gasteiger partial charge < -0.3 is 10.4 Å². The molecule has 1 heterocycles. The van der Waals surface area contributed by atoms with Gasteiger partial charge in [0.2, 0.25) is 0 Å². The van der Waals surface area contributed by atoms with Crippen LogP contribution in [0.4, 0.5) is 0 Å². The minimum atomic E-state index is -0.444. The summed E-state index contributed by atoms with van der Waals surface area (Å²) in [7, 11) is 0. The summed E-state index contributed by atoms with van der Waals surface area (Å²) in [4.78, 5) is 2.32. The lowest BCUT2D eigenvalue weighted by molar-refractivity contribution is 0.0684. The molecule has 4 rings (SSSR count). The molecule has 2 N–H and O–H groups in total. The van der Waals surface area contributed by atoms with Gasteiger partial charge in [0.15, 0.2) is 0 Å². The van der Waals surface area contributed by atoms with Crippen molar-refractivity contribution in [2.24, 2.45) is 0 Å². The molecule has 0 aromatic heterocycles. The second-order valence-corrected chi connectivity index (χ2v) is 10.3. The number of hydrogen-bond acceptors (Lipinski definition) is 5. The molecule has 0 radical (unpaired) electrons. The molecule has 32 heavy (non-hydrogen) atoms. The van der Waals surface area contributed by atoms with Gasteiger partial charge in [0.05, 0.1) is 17.7 Å². The lowest BCUT2D eigenvalue weighted by atomic mass is 9.93. The highest BCUT2D eigenvalue weighted by atomic mass is 32.2. The second-order valence-electron chi connectivity index (χ2n) is 9.32. The summed E-state index contributed by atoms with van der Waals surface area (Å²) in [5, 5.41) is 26.3. The van der Waals surface area contributed by atoms with E-state index in [0.29, 0.717) is 12.1 Å². The van der Waals surface area contributed by atoms with Crippen LogP contribution in [-0.4, -0.2) is 45.9 Å². The van der Waals surface area contributed by atoms with Gasteiger partial charge in [-0.25, -0.2) is 0 Å². The van der Waals surface area contributed by atoms with Crippen LogP contribution in [0, 0.1) is 11.3 Å². The number of aliphatic hydroxyl groups is 1. The maximum Gasteiger partial charge on any atom is 0.0991 e. The maximum atomic E-state index is 11.0. The smallest absolute Gasteiger partial charge is 0.0991 e. The van der Waals surface area contributed by atoms with Crippen molar-refractivity contribution in [1.82, 2.24) is 10.2 Å². The van der Waals surface area contributed by atoms with Crippen LogP contribution in [0.2, 0.25) is 0 Å². The number of thioether (sulfide) groups is 1. The molecule has 1 aliphatic rings. The van der Waals surface area contributed by atoms with Crippen molar-refractivity contribution in [3.63, 3.8) is 0 Å². The van der Waals surface area contributed by atoms with Crippen LogP contribution in [0.1, 0.15) is 30.5 Å². The number of hydrogen-bond donors (Lipinski definition) is 2. The van der Waals surface area contributed by atoms with Crippen molar-refractivity contribution in [2.75, 3.05) is 18.2 Å². The molecule has 3 aromatic rings. The Morgan fingerprint density at radius 3 is 2.72 bits per heavy atom. The van der Waals surface area contributed by atoms with Crippen molar-refractivity contribution >= 4 is 22.5 Å². The van der Waals surface area contributed by atoms with E-state index in [2.05, 4.69) is 78.7 Å². The van der Waals surface area contributed by atoms with E-state index in [-0.39, 0.29) is 11.6 Å². The van der Waals surface area contributed by atoms with Gasteiger partial charge >= 0.3 is 0 Å². The van der Waals surface area contributed by atoms with Gasteiger partial charge in [-0.2, -0.15) is 5.26 Å². The highest BCUT2D eigenvalue weighted by Crippen LogP contribution is 2.26.